The molecule has 1 rings (SSSR count). The lowest BCUT2D eigenvalue weighted by Gasteiger charge is -2.22. The molecule has 7 heteroatoms. The van der Waals surface area contributed by atoms with Crippen molar-refractivity contribution in [3.63, 3.8) is 0 Å². The van der Waals surface area contributed by atoms with Crippen LogP contribution in [0.15, 0.2) is 0 Å². The Labute approximate surface area is 86.2 Å². The summed E-state index contributed by atoms with van der Waals surface area (Å²) in [6.45, 7) is -0.613. The lowest BCUT2D eigenvalue weighted by molar-refractivity contribution is -0.147. The minimum atomic E-state index is -1.77. The molecule has 0 aromatic carbocycles. The molecule has 1 fully saturated rings. The molecule has 1 aliphatic rings. The highest BCUT2D eigenvalue weighted by Crippen LogP contribution is 2.14. The van der Waals surface area contributed by atoms with Crippen molar-refractivity contribution in [2.75, 3.05) is 19.7 Å². The molecule has 0 radical (unpaired) electrons. The van der Waals surface area contributed by atoms with E-state index in [1.165, 1.54) is 0 Å². The number of aliphatic hydroxyl groups is 5. The van der Waals surface area contributed by atoms with E-state index in [4.69, 9.17) is 5.11 Å². The molecule has 15 heavy (non-hydrogen) atoms. The zero-order valence-corrected chi connectivity index (χ0v) is 8.02. The third-order valence-corrected chi connectivity index (χ3v) is 2.41. The van der Waals surface area contributed by atoms with Gasteiger partial charge in [0, 0.05) is 13.1 Å². The molecule has 7 nitrogen and oxygen atoms in total. The summed E-state index contributed by atoms with van der Waals surface area (Å²) in [6, 6.07) is 0. The number of amides is 1. The zero-order valence-electron chi connectivity index (χ0n) is 8.02. The monoisotopic (exact) mass is 221 g/mol. The van der Waals surface area contributed by atoms with Crippen molar-refractivity contribution in [2.45, 2.75) is 24.4 Å². The van der Waals surface area contributed by atoms with Crippen LogP contribution in [-0.2, 0) is 4.79 Å². The van der Waals surface area contributed by atoms with Crippen LogP contribution in [0.4, 0.5) is 0 Å². The van der Waals surface area contributed by atoms with Gasteiger partial charge in [0.05, 0.1) is 6.61 Å². The summed E-state index contributed by atoms with van der Waals surface area (Å²) in [6.07, 6.45) is -6.40. The first-order valence-corrected chi connectivity index (χ1v) is 4.61. The summed E-state index contributed by atoms with van der Waals surface area (Å²) in [4.78, 5) is 12.4. The maximum Gasteiger partial charge on any atom is 0.254 e. The van der Waals surface area contributed by atoms with E-state index in [0.717, 1.165) is 4.90 Å². The van der Waals surface area contributed by atoms with Crippen LogP contribution in [-0.4, -0.2) is 80.5 Å². The van der Waals surface area contributed by atoms with Crippen LogP contribution in [0, 0.1) is 0 Å². The van der Waals surface area contributed by atoms with Crippen LogP contribution < -0.4 is 0 Å². The van der Waals surface area contributed by atoms with Crippen LogP contribution in [0.25, 0.3) is 0 Å². The van der Waals surface area contributed by atoms with Gasteiger partial charge < -0.3 is 30.4 Å². The minimum Gasteiger partial charge on any atom is -0.395 e. The molecule has 0 unspecified atom stereocenters. The van der Waals surface area contributed by atoms with Gasteiger partial charge in [-0.25, -0.2) is 0 Å². The SMILES string of the molecule is O=C1[C@H](O)[C@@H](O)[C@@H](O)[C@H](O)CN1CCO. The molecule has 4 atom stereocenters. The average molecular weight is 221 g/mol. The highest BCUT2D eigenvalue weighted by atomic mass is 16.4. The van der Waals surface area contributed by atoms with Gasteiger partial charge in [0.1, 0.15) is 18.3 Å². The van der Waals surface area contributed by atoms with E-state index < -0.39 is 30.3 Å². The maximum absolute atomic E-state index is 11.4. The standard InChI is InChI=1S/C8H15NO6/c10-2-1-9-3-4(11)5(12)6(13)7(14)8(9)15/h4-7,10-14H,1-3H2/t4-,5+,6+,7-/m1/s1. The highest BCUT2D eigenvalue weighted by Gasteiger charge is 2.41. The normalized spacial score (nSPS) is 37.9. The molecule has 0 spiro atoms. The molecule has 1 saturated heterocycles. The zero-order chi connectivity index (χ0) is 11.6. The van der Waals surface area contributed by atoms with Gasteiger partial charge in [-0.1, -0.05) is 0 Å². The van der Waals surface area contributed by atoms with E-state index in [9.17, 15) is 25.2 Å². The summed E-state index contributed by atoms with van der Waals surface area (Å²) in [7, 11) is 0. The van der Waals surface area contributed by atoms with Gasteiger partial charge in [0.25, 0.3) is 5.91 Å². The molecule has 88 valence electrons. The Morgan fingerprint density at radius 1 is 1.20 bits per heavy atom. The Morgan fingerprint density at radius 2 is 1.80 bits per heavy atom. The summed E-state index contributed by atoms with van der Waals surface area (Å²) in [5.74, 6) is -0.813. The number of rotatable bonds is 2. The van der Waals surface area contributed by atoms with Gasteiger partial charge in [-0.3, -0.25) is 4.79 Å². The topological polar surface area (TPSA) is 121 Å². The molecule has 0 aromatic rings. The van der Waals surface area contributed by atoms with E-state index in [0.29, 0.717) is 0 Å². The summed E-state index contributed by atoms with van der Waals surface area (Å²) in [5, 5.41) is 45.9. The van der Waals surface area contributed by atoms with Crippen molar-refractivity contribution in [1.82, 2.24) is 4.90 Å². The van der Waals surface area contributed by atoms with Gasteiger partial charge in [-0.2, -0.15) is 0 Å². The second kappa shape index (κ2) is 4.86. The number of carbonyl (C=O) groups is 1. The smallest absolute Gasteiger partial charge is 0.254 e. The summed E-state index contributed by atoms with van der Waals surface area (Å²) in [5.41, 5.74) is 0. The lowest BCUT2D eigenvalue weighted by atomic mass is 10.1. The van der Waals surface area contributed by atoms with Gasteiger partial charge in [0.15, 0.2) is 6.10 Å². The number of nitrogens with zero attached hydrogens (tertiary/aromatic N) is 1. The van der Waals surface area contributed by atoms with E-state index >= 15 is 0 Å². The number of carbonyl (C=O) groups excluding carboxylic acids is 1. The third kappa shape index (κ3) is 2.44. The quantitative estimate of drug-likeness (QED) is 0.327. The minimum absolute atomic E-state index is 0.0631. The molecule has 1 amide bonds. The number of likely N-dealkylation sites (tertiary alicyclic amines) is 1. The first-order chi connectivity index (χ1) is 6.99. The molecule has 0 bridgehead atoms. The molecule has 1 heterocycles. The van der Waals surface area contributed by atoms with Crippen LogP contribution in [0.2, 0.25) is 0 Å². The molecule has 0 aromatic heterocycles. The van der Waals surface area contributed by atoms with Crippen molar-refractivity contribution in [3.05, 3.63) is 0 Å². The van der Waals surface area contributed by atoms with Crippen LogP contribution in [0.3, 0.4) is 0 Å². The summed E-state index contributed by atoms with van der Waals surface area (Å²) < 4.78 is 0. The fourth-order valence-corrected chi connectivity index (χ4v) is 1.49. The number of hydrogen-bond donors (Lipinski definition) is 5. The average Bonchev–Trinajstić information content (AvgIpc) is 2.28. The lowest BCUT2D eigenvalue weighted by Crippen LogP contribution is -2.45. The molecular formula is C8H15NO6. The van der Waals surface area contributed by atoms with E-state index in [-0.39, 0.29) is 19.7 Å². The Kier molecular flexibility index (Phi) is 4.00. The van der Waals surface area contributed by atoms with E-state index in [2.05, 4.69) is 0 Å². The molecular weight excluding hydrogens is 206 g/mol. The van der Waals surface area contributed by atoms with Crippen molar-refractivity contribution in [1.29, 1.82) is 0 Å². The number of aliphatic hydroxyl groups excluding tert-OH is 5. The Bertz CT molecular complexity index is 235. The Hall–Kier alpha value is -0.730. The predicted octanol–water partition coefficient (Wildman–Crippen LogP) is -3.74. The number of β-amino-alcohol motifs (C(OH)–C–C–N with tert-alkyl or cyclic N) is 2. The maximum atomic E-state index is 11.4. The Balaban J connectivity index is 2.83. The van der Waals surface area contributed by atoms with Crippen LogP contribution in [0.1, 0.15) is 0 Å². The Morgan fingerprint density at radius 3 is 2.33 bits per heavy atom. The van der Waals surface area contributed by atoms with Crippen molar-refractivity contribution >= 4 is 5.91 Å². The van der Waals surface area contributed by atoms with Gasteiger partial charge in [-0.15, -0.1) is 0 Å². The van der Waals surface area contributed by atoms with Gasteiger partial charge in [0.2, 0.25) is 0 Å². The van der Waals surface area contributed by atoms with Crippen LogP contribution in [0.5, 0.6) is 0 Å². The second-order valence-corrected chi connectivity index (χ2v) is 3.50. The van der Waals surface area contributed by atoms with Crippen molar-refractivity contribution in [3.8, 4) is 0 Å². The summed E-state index contributed by atoms with van der Waals surface area (Å²) >= 11 is 0. The van der Waals surface area contributed by atoms with E-state index in [1.807, 2.05) is 0 Å². The molecule has 0 saturated carbocycles. The largest absolute Gasteiger partial charge is 0.395 e. The van der Waals surface area contributed by atoms with E-state index in [1.54, 1.807) is 0 Å². The highest BCUT2D eigenvalue weighted by molar-refractivity contribution is 5.81. The fourth-order valence-electron chi connectivity index (χ4n) is 1.49. The first kappa shape index (κ1) is 12.3. The van der Waals surface area contributed by atoms with Crippen LogP contribution >= 0.6 is 0 Å². The van der Waals surface area contributed by atoms with Crippen molar-refractivity contribution < 1.29 is 30.3 Å². The van der Waals surface area contributed by atoms with Crippen molar-refractivity contribution in [2.24, 2.45) is 0 Å². The second-order valence-electron chi connectivity index (χ2n) is 3.50. The fraction of sp³-hybridized carbons (Fsp3) is 0.875. The third-order valence-electron chi connectivity index (χ3n) is 2.41. The first-order valence-electron chi connectivity index (χ1n) is 4.61. The number of hydrogen-bond acceptors (Lipinski definition) is 6. The molecule has 1 aliphatic heterocycles. The predicted molar refractivity (Wildman–Crippen MR) is 47.7 cm³/mol. The molecule has 5 N–H and O–H groups in total. The van der Waals surface area contributed by atoms with Gasteiger partial charge >= 0.3 is 0 Å². The van der Waals surface area contributed by atoms with Gasteiger partial charge in [-0.05, 0) is 0 Å². The molecule has 0 aliphatic carbocycles.